The van der Waals surface area contributed by atoms with Crippen LogP contribution in [-0.2, 0) is 4.79 Å². The van der Waals surface area contributed by atoms with E-state index in [-0.39, 0.29) is 16.7 Å². The highest BCUT2D eigenvalue weighted by Crippen LogP contribution is 2.72. The number of ketones is 1. The summed E-state index contributed by atoms with van der Waals surface area (Å²) < 4.78 is 0. The minimum atomic E-state index is 0.0692. The van der Waals surface area contributed by atoms with Crippen LogP contribution in [0.4, 0.5) is 0 Å². The third kappa shape index (κ3) is 1.92. The molecule has 4 aliphatic rings. The van der Waals surface area contributed by atoms with Crippen molar-refractivity contribution in [3.63, 3.8) is 0 Å². The van der Waals surface area contributed by atoms with Gasteiger partial charge in [-0.15, -0.1) is 6.42 Å². The van der Waals surface area contributed by atoms with E-state index in [1.165, 1.54) is 57.8 Å². The first-order valence-electron chi connectivity index (χ1n) is 10.4. The Labute approximate surface area is 148 Å². The van der Waals surface area contributed by atoms with Crippen LogP contribution >= 0.6 is 0 Å². The Morgan fingerprint density at radius 2 is 1.67 bits per heavy atom. The zero-order chi connectivity index (χ0) is 17.2. The number of carbonyl (C=O) groups is 1. The number of terminal acetylenes is 1. The third-order valence-electron chi connectivity index (χ3n) is 9.46. The highest BCUT2D eigenvalue weighted by atomic mass is 16.1. The predicted octanol–water partition coefficient (Wildman–Crippen LogP) is 5.63. The summed E-state index contributed by atoms with van der Waals surface area (Å²) in [6.07, 6.45) is 19.2. The van der Waals surface area contributed by atoms with E-state index in [9.17, 15) is 4.79 Å². The summed E-state index contributed by atoms with van der Waals surface area (Å²) >= 11 is 0. The summed E-state index contributed by atoms with van der Waals surface area (Å²) in [6, 6.07) is 0. The Hall–Kier alpha value is -0.770. The maximum Gasteiger partial charge on any atom is 0.133 e. The topological polar surface area (TPSA) is 17.1 Å². The minimum absolute atomic E-state index is 0.0692. The summed E-state index contributed by atoms with van der Waals surface area (Å²) in [5, 5.41) is 0. The predicted molar refractivity (Wildman–Crippen MR) is 98.3 cm³/mol. The minimum Gasteiger partial charge on any atom is -0.300 e. The first kappa shape index (κ1) is 16.7. The van der Waals surface area contributed by atoms with Crippen LogP contribution in [0.2, 0.25) is 0 Å². The van der Waals surface area contributed by atoms with Crippen molar-refractivity contribution in [3.8, 4) is 12.3 Å². The highest BCUT2D eigenvalue weighted by Gasteiger charge is 2.66. The molecule has 0 amide bonds. The van der Waals surface area contributed by atoms with Gasteiger partial charge in [0.1, 0.15) is 5.78 Å². The van der Waals surface area contributed by atoms with E-state index in [2.05, 4.69) is 19.8 Å². The van der Waals surface area contributed by atoms with Crippen LogP contribution in [0.25, 0.3) is 0 Å². The quantitative estimate of drug-likeness (QED) is 0.571. The monoisotopic (exact) mass is 326 g/mol. The van der Waals surface area contributed by atoms with Crippen molar-refractivity contribution in [2.75, 3.05) is 0 Å². The molecule has 0 radical (unpaired) electrons. The van der Waals surface area contributed by atoms with Gasteiger partial charge >= 0.3 is 0 Å². The van der Waals surface area contributed by atoms with E-state index >= 15 is 0 Å². The van der Waals surface area contributed by atoms with Gasteiger partial charge in [0.25, 0.3) is 0 Å². The van der Waals surface area contributed by atoms with Crippen LogP contribution in [0.5, 0.6) is 0 Å². The van der Waals surface area contributed by atoms with Crippen molar-refractivity contribution < 1.29 is 4.79 Å². The Bertz CT molecular complexity index is 585. The Morgan fingerprint density at radius 3 is 2.38 bits per heavy atom. The fourth-order valence-electron chi connectivity index (χ4n) is 8.37. The molecule has 0 aromatic carbocycles. The third-order valence-corrected chi connectivity index (χ3v) is 9.46. The smallest absolute Gasteiger partial charge is 0.133 e. The maximum atomic E-state index is 12.3. The molecule has 0 aromatic heterocycles. The standard InChI is InChI=1S/C23H34O/c1-5-23-15-11-17-8-6-7-13-21(17,3)20(23)12-14-22(4)18(16(2)24)9-10-19(22)23/h1,17-20H,6-15H2,2-4H3/t17-,18+,19+,20+,21-,22+,23-/m0/s1. The lowest BCUT2D eigenvalue weighted by Crippen LogP contribution is -2.59. The lowest BCUT2D eigenvalue weighted by atomic mass is 9.39. The van der Waals surface area contributed by atoms with Crippen molar-refractivity contribution in [1.82, 2.24) is 0 Å². The summed E-state index contributed by atoms with van der Waals surface area (Å²) in [5.74, 6) is 6.24. The zero-order valence-corrected chi connectivity index (χ0v) is 15.9. The molecule has 0 aromatic rings. The van der Waals surface area contributed by atoms with Crippen LogP contribution in [0, 0.1) is 52.3 Å². The number of fused-ring (bicyclic) bond motifs is 5. The number of hydrogen-bond acceptors (Lipinski definition) is 1. The van der Waals surface area contributed by atoms with Crippen LogP contribution in [0.15, 0.2) is 0 Å². The molecule has 1 heteroatoms. The number of Topliss-reactive ketones (excluding diaryl/α,β-unsaturated/α-hetero) is 1. The van der Waals surface area contributed by atoms with E-state index in [0.717, 1.165) is 12.3 Å². The summed E-state index contributed by atoms with van der Waals surface area (Å²) in [5.41, 5.74) is 0.685. The van der Waals surface area contributed by atoms with Crippen LogP contribution < -0.4 is 0 Å². The van der Waals surface area contributed by atoms with Gasteiger partial charge in [0.15, 0.2) is 0 Å². The number of hydrogen-bond donors (Lipinski definition) is 0. The molecular weight excluding hydrogens is 292 g/mol. The normalized spacial score (nSPS) is 53.4. The molecule has 4 fully saturated rings. The number of carbonyl (C=O) groups excluding carboxylic acids is 1. The van der Waals surface area contributed by atoms with Crippen LogP contribution in [0.3, 0.4) is 0 Å². The lowest BCUT2D eigenvalue weighted by molar-refractivity contribution is -0.150. The van der Waals surface area contributed by atoms with E-state index in [1.807, 2.05) is 6.92 Å². The van der Waals surface area contributed by atoms with Crippen LogP contribution in [-0.4, -0.2) is 5.78 Å². The van der Waals surface area contributed by atoms with Crippen molar-refractivity contribution in [1.29, 1.82) is 0 Å². The molecule has 0 bridgehead atoms. The first-order chi connectivity index (χ1) is 11.4. The lowest BCUT2D eigenvalue weighted by Gasteiger charge is -2.64. The molecule has 132 valence electrons. The summed E-state index contributed by atoms with van der Waals surface area (Å²) in [6.45, 7) is 6.79. The van der Waals surface area contributed by atoms with E-state index < -0.39 is 0 Å². The first-order valence-corrected chi connectivity index (χ1v) is 10.4. The van der Waals surface area contributed by atoms with E-state index in [1.54, 1.807) is 0 Å². The van der Waals surface area contributed by atoms with Crippen molar-refractivity contribution in [3.05, 3.63) is 0 Å². The molecule has 4 aliphatic carbocycles. The Kier molecular flexibility index (Phi) is 3.73. The average Bonchev–Trinajstić information content (AvgIpc) is 2.92. The second-order valence-electron chi connectivity index (χ2n) is 10.1. The number of rotatable bonds is 1. The van der Waals surface area contributed by atoms with Gasteiger partial charge in [-0.2, -0.15) is 0 Å². The van der Waals surface area contributed by atoms with Gasteiger partial charge in [-0.05, 0) is 86.9 Å². The molecule has 0 heterocycles. The molecule has 4 rings (SSSR count). The molecule has 0 aliphatic heterocycles. The summed E-state index contributed by atoms with van der Waals surface area (Å²) in [7, 11) is 0. The van der Waals surface area contributed by atoms with E-state index in [0.29, 0.717) is 23.0 Å². The second-order valence-corrected chi connectivity index (χ2v) is 10.1. The van der Waals surface area contributed by atoms with Gasteiger partial charge in [0.2, 0.25) is 0 Å². The van der Waals surface area contributed by atoms with Crippen molar-refractivity contribution in [2.45, 2.75) is 85.0 Å². The molecule has 0 spiro atoms. The van der Waals surface area contributed by atoms with Crippen molar-refractivity contribution in [2.24, 2.45) is 39.9 Å². The molecular formula is C23H34O. The highest BCUT2D eigenvalue weighted by molar-refractivity contribution is 5.79. The van der Waals surface area contributed by atoms with Crippen molar-refractivity contribution >= 4 is 5.78 Å². The largest absolute Gasteiger partial charge is 0.300 e. The average molecular weight is 327 g/mol. The van der Waals surface area contributed by atoms with Gasteiger partial charge in [-0.25, -0.2) is 0 Å². The molecule has 24 heavy (non-hydrogen) atoms. The maximum absolute atomic E-state index is 12.3. The molecule has 0 saturated heterocycles. The molecule has 7 atom stereocenters. The Morgan fingerprint density at radius 1 is 0.917 bits per heavy atom. The SMILES string of the molecule is C#C[C@@]12CC[C@@H]3CCCC[C@]3(C)[C@H]1CC[C@]1(C)[C@@H](C(C)=O)CC[C@H]12. The fraction of sp³-hybridized carbons (Fsp3) is 0.870. The van der Waals surface area contributed by atoms with Gasteiger partial charge in [0, 0.05) is 11.3 Å². The van der Waals surface area contributed by atoms with Gasteiger partial charge in [-0.1, -0.05) is 32.6 Å². The second kappa shape index (κ2) is 5.36. The van der Waals surface area contributed by atoms with Gasteiger partial charge < -0.3 is 0 Å². The molecule has 4 saturated carbocycles. The van der Waals surface area contributed by atoms with Crippen LogP contribution in [0.1, 0.15) is 85.0 Å². The fourth-order valence-corrected chi connectivity index (χ4v) is 8.37. The summed E-state index contributed by atoms with van der Waals surface area (Å²) in [4.78, 5) is 12.3. The molecule has 1 nitrogen and oxygen atoms in total. The molecule has 0 N–H and O–H groups in total. The van der Waals surface area contributed by atoms with Gasteiger partial charge in [0.05, 0.1) is 0 Å². The Balaban J connectivity index is 1.76. The van der Waals surface area contributed by atoms with E-state index in [4.69, 9.17) is 6.42 Å². The molecule has 0 unspecified atom stereocenters. The van der Waals surface area contributed by atoms with Gasteiger partial charge in [-0.3, -0.25) is 4.79 Å². The zero-order valence-electron chi connectivity index (χ0n) is 15.9.